The quantitative estimate of drug-likeness (QED) is 0.458. The predicted octanol–water partition coefficient (Wildman–Crippen LogP) is 3.24. The maximum absolute atomic E-state index is 14.1. The summed E-state index contributed by atoms with van der Waals surface area (Å²) in [6.45, 7) is 5.22. The molecule has 2 aromatic rings. The Morgan fingerprint density at radius 1 is 1.17 bits per heavy atom. The number of nitrogens with one attached hydrogen (secondary N) is 1. The molecule has 0 saturated carbocycles. The molecule has 186 valence electrons. The van der Waals surface area contributed by atoms with Crippen LogP contribution in [-0.2, 0) is 27.2 Å². The summed E-state index contributed by atoms with van der Waals surface area (Å²) in [6.07, 6.45) is -0.270. The molecule has 0 aliphatic carbocycles. The van der Waals surface area contributed by atoms with Gasteiger partial charge in [0.25, 0.3) is 0 Å². The molecular weight excluding hydrogens is 516 g/mol. The second-order valence-corrected chi connectivity index (χ2v) is 9.92. The number of fused-ring (bicyclic) bond motifs is 1. The van der Waals surface area contributed by atoms with Crippen LogP contribution >= 0.6 is 15.9 Å². The predicted molar refractivity (Wildman–Crippen MR) is 133 cm³/mol. The summed E-state index contributed by atoms with van der Waals surface area (Å²) >= 11 is 3.43. The van der Waals surface area contributed by atoms with Crippen molar-refractivity contribution in [2.75, 3.05) is 12.0 Å². The van der Waals surface area contributed by atoms with E-state index in [2.05, 4.69) is 21.2 Å². The van der Waals surface area contributed by atoms with Crippen LogP contribution in [0, 0.1) is 11.8 Å². The molecule has 0 spiro atoms. The Morgan fingerprint density at radius 2 is 1.80 bits per heavy atom. The van der Waals surface area contributed by atoms with Gasteiger partial charge in [-0.15, -0.1) is 0 Å². The first-order valence-corrected chi connectivity index (χ1v) is 12.4. The van der Waals surface area contributed by atoms with Crippen molar-refractivity contribution < 1.29 is 29.3 Å². The van der Waals surface area contributed by atoms with Gasteiger partial charge in [0, 0.05) is 16.1 Å². The number of carboxylic acids is 1. The molecule has 2 aromatic carbocycles. The number of aliphatic hydroxyl groups excluding tert-OH is 1. The largest absolute Gasteiger partial charge is 0.496 e. The average Bonchev–Trinajstić information content (AvgIpc) is 3.33. The Kier molecular flexibility index (Phi) is 6.78. The molecule has 4 rings (SSSR count). The number of rotatable bonds is 7. The molecule has 2 amide bonds. The Labute approximate surface area is 212 Å². The lowest BCUT2D eigenvalue weighted by molar-refractivity contribution is -0.154. The van der Waals surface area contributed by atoms with E-state index in [0.29, 0.717) is 34.3 Å². The van der Waals surface area contributed by atoms with Crippen molar-refractivity contribution in [3.05, 3.63) is 57.6 Å². The molecule has 0 aromatic heterocycles. The van der Waals surface area contributed by atoms with Gasteiger partial charge in [-0.3, -0.25) is 19.7 Å². The number of hydrogen-bond donors (Lipinski definition) is 3. The summed E-state index contributed by atoms with van der Waals surface area (Å²) in [5.74, 6) is -4.41. The molecule has 3 N–H and O–H groups in total. The van der Waals surface area contributed by atoms with Crippen molar-refractivity contribution in [2.24, 2.45) is 11.8 Å². The second-order valence-electron chi connectivity index (χ2n) is 9.01. The molecule has 5 unspecified atom stereocenters. The average molecular weight is 545 g/mol. The number of anilines is 1. The van der Waals surface area contributed by atoms with E-state index in [0.717, 1.165) is 16.0 Å². The monoisotopic (exact) mass is 544 g/mol. The third kappa shape index (κ3) is 3.68. The molecule has 9 heteroatoms. The molecule has 5 atom stereocenters. The number of aliphatic hydroxyl groups is 1. The van der Waals surface area contributed by atoms with Gasteiger partial charge >= 0.3 is 5.97 Å². The van der Waals surface area contributed by atoms with E-state index in [1.165, 1.54) is 14.0 Å². The summed E-state index contributed by atoms with van der Waals surface area (Å²) in [6, 6.07) is 9.97. The number of benzene rings is 2. The molecule has 8 nitrogen and oxygen atoms in total. The van der Waals surface area contributed by atoms with E-state index in [4.69, 9.17) is 4.74 Å². The Balaban J connectivity index is 1.97. The van der Waals surface area contributed by atoms with Crippen molar-refractivity contribution in [1.29, 1.82) is 0 Å². The highest BCUT2D eigenvalue weighted by Crippen LogP contribution is 2.53. The summed E-state index contributed by atoms with van der Waals surface area (Å²) < 4.78 is 6.22. The lowest BCUT2D eigenvalue weighted by Crippen LogP contribution is -2.62. The minimum atomic E-state index is -2.06. The van der Waals surface area contributed by atoms with Gasteiger partial charge in [-0.2, -0.15) is 0 Å². The summed E-state index contributed by atoms with van der Waals surface area (Å²) in [7, 11) is 1.48. The number of aliphatic carboxylic acids is 1. The van der Waals surface area contributed by atoms with Crippen LogP contribution in [0.4, 0.5) is 5.69 Å². The third-order valence-electron chi connectivity index (χ3n) is 7.32. The molecule has 2 aliphatic rings. The first kappa shape index (κ1) is 25.3. The highest BCUT2D eigenvalue weighted by molar-refractivity contribution is 9.10. The van der Waals surface area contributed by atoms with Crippen LogP contribution in [-0.4, -0.2) is 46.7 Å². The zero-order valence-electron chi connectivity index (χ0n) is 20.0. The lowest BCUT2D eigenvalue weighted by Gasteiger charge is -2.34. The molecular formula is C26H29BrN2O6. The van der Waals surface area contributed by atoms with Crippen molar-refractivity contribution in [2.45, 2.75) is 51.3 Å². The number of carbonyl (C=O) groups excluding carboxylic acids is 2. The number of aryl methyl sites for hydroxylation is 2. The highest BCUT2D eigenvalue weighted by Gasteiger charge is 2.71. The molecule has 2 fully saturated rings. The van der Waals surface area contributed by atoms with Gasteiger partial charge in [-0.05, 0) is 49.1 Å². The van der Waals surface area contributed by atoms with Crippen molar-refractivity contribution >= 4 is 39.4 Å². The fourth-order valence-corrected chi connectivity index (χ4v) is 6.02. The van der Waals surface area contributed by atoms with E-state index in [1.807, 2.05) is 32.0 Å². The number of nitrogens with zero attached hydrogens (tertiary/aromatic N) is 1. The van der Waals surface area contributed by atoms with Crippen molar-refractivity contribution in [3.8, 4) is 5.75 Å². The van der Waals surface area contributed by atoms with Gasteiger partial charge in [0.2, 0.25) is 11.8 Å². The van der Waals surface area contributed by atoms with E-state index in [9.17, 15) is 24.6 Å². The minimum absolute atomic E-state index is 0.443. The minimum Gasteiger partial charge on any atom is -0.496 e. The highest BCUT2D eigenvalue weighted by atomic mass is 79.9. The van der Waals surface area contributed by atoms with Crippen molar-refractivity contribution in [3.63, 3.8) is 0 Å². The number of para-hydroxylation sites is 1. The summed E-state index contributed by atoms with van der Waals surface area (Å²) in [5.41, 5.74) is 0.648. The number of imide groups is 1. The Morgan fingerprint density at radius 3 is 2.31 bits per heavy atom. The molecule has 2 aliphatic heterocycles. The van der Waals surface area contributed by atoms with E-state index >= 15 is 0 Å². The second kappa shape index (κ2) is 9.37. The van der Waals surface area contributed by atoms with Crippen LogP contribution in [0.2, 0.25) is 0 Å². The Hall–Kier alpha value is -2.75. The number of carboxylic acid groups (broad SMARTS) is 1. The number of ether oxygens (including phenoxy) is 1. The first-order valence-electron chi connectivity index (χ1n) is 11.6. The molecule has 2 saturated heterocycles. The lowest BCUT2D eigenvalue weighted by atomic mass is 9.76. The standard InChI is InChI=1S/C26H29BrN2O6/c1-5-14-8-7-9-15(6-2)22(14)29-23(31)19-20(24(29)32)26(13(3)30,25(33)34)28-21(19)17-12-16(27)10-11-18(17)35-4/h7-13,19-21,28,30H,5-6H2,1-4H3,(H,33,34). The van der Waals surface area contributed by atoms with Crippen LogP contribution in [0.1, 0.15) is 43.5 Å². The van der Waals surface area contributed by atoms with Gasteiger partial charge < -0.3 is 14.9 Å². The summed E-state index contributed by atoms with van der Waals surface area (Å²) in [4.78, 5) is 41.9. The summed E-state index contributed by atoms with van der Waals surface area (Å²) in [5, 5.41) is 24.1. The molecule has 0 bridgehead atoms. The van der Waals surface area contributed by atoms with Crippen LogP contribution in [0.15, 0.2) is 40.9 Å². The van der Waals surface area contributed by atoms with Crippen LogP contribution in [0.25, 0.3) is 0 Å². The normalized spacial score (nSPS) is 26.7. The zero-order valence-corrected chi connectivity index (χ0v) is 21.6. The third-order valence-corrected chi connectivity index (χ3v) is 7.82. The van der Waals surface area contributed by atoms with E-state index < -0.39 is 47.3 Å². The number of amides is 2. The molecule has 35 heavy (non-hydrogen) atoms. The van der Waals surface area contributed by atoms with Gasteiger partial charge in [-0.25, -0.2) is 4.90 Å². The van der Waals surface area contributed by atoms with Gasteiger partial charge in [-0.1, -0.05) is 48.0 Å². The van der Waals surface area contributed by atoms with Crippen LogP contribution in [0.5, 0.6) is 5.75 Å². The van der Waals surface area contributed by atoms with Gasteiger partial charge in [0.1, 0.15) is 5.75 Å². The van der Waals surface area contributed by atoms with Gasteiger partial charge in [0.05, 0.1) is 30.7 Å². The number of halogens is 1. The number of hydrogen-bond acceptors (Lipinski definition) is 6. The van der Waals surface area contributed by atoms with E-state index in [-0.39, 0.29) is 0 Å². The van der Waals surface area contributed by atoms with Crippen molar-refractivity contribution in [1.82, 2.24) is 5.32 Å². The maximum Gasteiger partial charge on any atom is 0.327 e. The fraction of sp³-hybridized carbons (Fsp3) is 0.423. The zero-order chi connectivity index (χ0) is 25.7. The molecule has 0 radical (unpaired) electrons. The molecule has 2 heterocycles. The van der Waals surface area contributed by atoms with Gasteiger partial charge in [0.15, 0.2) is 5.54 Å². The number of carbonyl (C=O) groups is 3. The van der Waals surface area contributed by atoms with Crippen LogP contribution < -0.4 is 15.0 Å². The maximum atomic E-state index is 14.1. The van der Waals surface area contributed by atoms with Crippen LogP contribution in [0.3, 0.4) is 0 Å². The SMILES string of the molecule is CCc1cccc(CC)c1N1C(=O)C2C(c3cc(Br)ccc3OC)NC(C(=O)O)(C(C)O)C2C1=O. The smallest absolute Gasteiger partial charge is 0.327 e. The number of methoxy groups -OCH3 is 1. The fourth-order valence-electron chi connectivity index (χ4n) is 5.64. The topological polar surface area (TPSA) is 116 Å². The first-order chi connectivity index (χ1) is 16.6. The van der Waals surface area contributed by atoms with E-state index in [1.54, 1.807) is 18.2 Å². The Bertz CT molecular complexity index is 1180.